The van der Waals surface area contributed by atoms with Gasteiger partial charge < -0.3 is 14.8 Å². The van der Waals surface area contributed by atoms with Crippen LogP contribution in [0.2, 0.25) is 5.15 Å². The number of nitrogens with one attached hydrogen (secondary N) is 1. The van der Waals surface area contributed by atoms with E-state index in [2.05, 4.69) is 15.5 Å². The molecule has 0 radical (unpaired) electrons. The first-order valence-corrected chi connectivity index (χ1v) is 6.02. The Kier molecular flexibility index (Phi) is 6.09. The van der Waals surface area contributed by atoms with Crippen molar-refractivity contribution in [3.63, 3.8) is 0 Å². The molecule has 1 N–H and O–H groups in total. The van der Waals surface area contributed by atoms with Crippen LogP contribution in [0, 0.1) is 0 Å². The molecule has 1 rings (SSSR count). The molecule has 0 bridgehead atoms. The van der Waals surface area contributed by atoms with Crippen molar-refractivity contribution >= 4 is 24.0 Å². The van der Waals surface area contributed by atoms with Gasteiger partial charge in [-0.1, -0.05) is 11.6 Å². The molecule has 0 spiro atoms. The van der Waals surface area contributed by atoms with Gasteiger partial charge >= 0.3 is 5.97 Å². The predicted octanol–water partition coefficient (Wildman–Crippen LogP) is 1.04. The van der Waals surface area contributed by atoms with Gasteiger partial charge in [0.25, 0.3) is 0 Å². The number of amides is 1. The molecule has 0 aliphatic heterocycles. The standard InChI is InChI=1S/C12H15ClN3O3.Fm/c1-12(2,3)19-11(18)9(14-7-17)4-8-5-10(13)16-15-6-8;/h5-6,9H,4H2,1-3H3,(H,14,17);/q-1;. The molecular formula is C12H15ClFmN3O3-. The summed E-state index contributed by atoms with van der Waals surface area (Å²) in [6.07, 6.45) is 3.18. The van der Waals surface area contributed by atoms with E-state index < -0.39 is 17.6 Å². The first-order valence-electron chi connectivity index (χ1n) is 5.64. The van der Waals surface area contributed by atoms with Crippen LogP contribution in [-0.4, -0.2) is 34.2 Å². The van der Waals surface area contributed by atoms with Crippen LogP contribution in [0.4, 0.5) is 0 Å². The Labute approximate surface area is 116 Å². The topological polar surface area (TPSA) is 81.2 Å². The number of carbonyl (C=O) groups excluding carboxylic acids is 2. The van der Waals surface area contributed by atoms with Crippen molar-refractivity contribution in [2.75, 3.05) is 0 Å². The quantitative estimate of drug-likeness (QED) is 0.342. The number of esters is 1. The molecule has 0 aliphatic carbocycles. The molecule has 1 amide bonds. The van der Waals surface area contributed by atoms with E-state index in [9.17, 15) is 9.59 Å². The van der Waals surface area contributed by atoms with E-state index in [4.69, 9.17) is 16.3 Å². The van der Waals surface area contributed by atoms with Gasteiger partial charge in [-0.3, -0.25) is 0 Å². The Hall–Kier alpha value is -2.69. The Morgan fingerprint density at radius 2 is 2.20 bits per heavy atom. The van der Waals surface area contributed by atoms with Crippen molar-refractivity contribution in [3.8, 4) is 0 Å². The Balaban J connectivity index is 0.00000361. The van der Waals surface area contributed by atoms with Gasteiger partial charge in [0.05, 0.1) is 6.20 Å². The summed E-state index contributed by atoms with van der Waals surface area (Å²) in [6.45, 7) is 5.24. The number of nitrogens with zero attached hydrogens (tertiary/aromatic N) is 2. The van der Waals surface area contributed by atoms with Gasteiger partial charge in [0.15, 0.2) is 5.15 Å². The second-order valence-electron chi connectivity index (χ2n) is 4.92. The SMILES string of the molecule is CC(C)(C)OC(=O)C(Cc1cnnc(Cl)c1)N[C-]=O.[Fm]. The monoisotopic (exact) mass is 541 g/mol. The molecule has 0 aliphatic rings. The van der Waals surface area contributed by atoms with Crippen molar-refractivity contribution in [3.05, 3.63) is 23.0 Å². The number of hydrogen-bond donors (Lipinski definition) is 1. The molecule has 0 saturated heterocycles. The molecule has 0 saturated carbocycles. The van der Waals surface area contributed by atoms with Gasteiger partial charge in [-0.25, -0.2) is 4.79 Å². The average molecular weight is 542 g/mol. The summed E-state index contributed by atoms with van der Waals surface area (Å²) in [4.78, 5) is 22.4. The fraction of sp³-hybridized carbons (Fsp3) is 0.500. The number of aromatic nitrogens is 2. The van der Waals surface area contributed by atoms with E-state index >= 15 is 0 Å². The molecule has 116 valence electrons. The fourth-order valence-corrected chi connectivity index (χ4v) is 1.55. The second-order valence-corrected chi connectivity index (χ2v) is 5.31. The minimum Gasteiger partial charge on any atom is -0.520 e. The summed E-state index contributed by atoms with van der Waals surface area (Å²) in [5.41, 5.74) is 0.0345. The molecule has 1 atom stereocenters. The zero-order valence-electron chi connectivity index (χ0n) is 11.2. The summed E-state index contributed by atoms with van der Waals surface area (Å²) in [5.74, 6) is -0.538. The summed E-state index contributed by atoms with van der Waals surface area (Å²) in [6, 6.07) is 0.732. The van der Waals surface area contributed by atoms with Gasteiger partial charge in [-0.05, 0) is 32.4 Å². The molecule has 0 fully saturated rings. The molecule has 1 aromatic rings. The van der Waals surface area contributed by atoms with Crippen LogP contribution in [0.3, 0.4) is 0 Å². The first-order chi connectivity index (χ1) is 8.81. The van der Waals surface area contributed by atoms with Crippen LogP contribution in [0.5, 0.6) is 0 Å². The van der Waals surface area contributed by atoms with Crippen LogP contribution >= 0.6 is 11.6 Å². The Morgan fingerprint density at radius 1 is 1.55 bits per heavy atom. The van der Waals surface area contributed by atoms with Gasteiger partial charge in [-0.2, -0.15) is 11.5 Å². The van der Waals surface area contributed by atoms with Crippen molar-refractivity contribution in [1.82, 2.24) is 15.5 Å². The number of ether oxygens (including phenoxy) is 1. The fourth-order valence-electron chi connectivity index (χ4n) is 1.36. The third-order valence-corrected chi connectivity index (χ3v) is 2.23. The van der Waals surface area contributed by atoms with E-state index in [-0.39, 0.29) is 11.6 Å². The van der Waals surface area contributed by atoms with Crippen LogP contribution in [-0.2, 0) is 20.7 Å². The number of halogens is 1. The van der Waals surface area contributed by atoms with Crippen molar-refractivity contribution in [2.45, 2.75) is 38.8 Å². The maximum atomic E-state index is 11.9. The zero-order valence-corrected chi connectivity index (χ0v) is 14.4. The summed E-state index contributed by atoms with van der Waals surface area (Å²) in [7, 11) is 0. The second kappa shape index (κ2) is 7.04. The minimum absolute atomic E-state index is 0. The van der Waals surface area contributed by atoms with Crippen molar-refractivity contribution < 1.29 is 14.3 Å². The van der Waals surface area contributed by atoms with Crippen LogP contribution in [0.15, 0.2) is 12.3 Å². The molecule has 8 heteroatoms. The van der Waals surface area contributed by atoms with Crippen LogP contribution < -0.4 is 5.32 Å². The van der Waals surface area contributed by atoms with E-state index in [1.165, 1.54) is 12.6 Å². The summed E-state index contributed by atoms with van der Waals surface area (Å²) >= 11 is 5.70. The first kappa shape index (κ1) is 17.3. The van der Waals surface area contributed by atoms with Crippen molar-refractivity contribution in [1.29, 1.82) is 0 Å². The number of rotatable bonds is 5. The third-order valence-electron chi connectivity index (χ3n) is 2.05. The number of hydrogen-bond acceptors (Lipinski definition) is 5. The third kappa shape index (κ3) is 5.77. The Morgan fingerprint density at radius 3 is 2.70 bits per heavy atom. The van der Waals surface area contributed by atoms with Gasteiger partial charge in [0, 0.05) is 6.42 Å². The van der Waals surface area contributed by atoms with E-state index in [1.807, 2.05) is 0 Å². The van der Waals surface area contributed by atoms with Gasteiger partial charge in [0.1, 0.15) is 11.6 Å². The average Bonchev–Trinajstić information content (AvgIpc) is 2.26. The molecule has 0 aromatic carbocycles. The summed E-state index contributed by atoms with van der Waals surface area (Å²) < 4.78 is 5.21. The maximum Gasteiger partial charge on any atom is 0.326 e. The van der Waals surface area contributed by atoms with Gasteiger partial charge in [0.2, 0.25) is 0 Å². The maximum absolute atomic E-state index is 11.9. The molecule has 20 heavy (non-hydrogen) atoms. The molecule has 1 aromatic heterocycles. The van der Waals surface area contributed by atoms with E-state index in [1.54, 1.807) is 26.8 Å². The van der Waals surface area contributed by atoms with Crippen molar-refractivity contribution in [2.24, 2.45) is 0 Å². The molecule has 1 heterocycles. The zero-order chi connectivity index (χ0) is 14.5. The van der Waals surface area contributed by atoms with E-state index in [0.29, 0.717) is 5.56 Å². The number of carbonyl (C=O) groups is 1. The summed E-state index contributed by atoms with van der Waals surface area (Å²) in [5, 5.41) is 9.79. The molecule has 6 nitrogen and oxygen atoms in total. The smallest absolute Gasteiger partial charge is 0.326 e. The normalized spacial score (nSPS) is 12.0. The van der Waals surface area contributed by atoms with Gasteiger partial charge in [-0.15, -0.1) is 5.10 Å². The van der Waals surface area contributed by atoms with Crippen LogP contribution in [0.25, 0.3) is 0 Å². The molecular weight excluding hydrogens is 527 g/mol. The van der Waals surface area contributed by atoms with E-state index in [0.717, 1.165) is 0 Å². The van der Waals surface area contributed by atoms with Crippen LogP contribution in [0.1, 0.15) is 26.3 Å². The largest absolute Gasteiger partial charge is 0.520 e. The Bertz CT molecular complexity index is 466. The predicted molar refractivity (Wildman–Crippen MR) is 69.2 cm³/mol. The minimum atomic E-state index is -0.836. The molecule has 1 unspecified atom stereocenters.